The van der Waals surface area contributed by atoms with Crippen molar-refractivity contribution < 1.29 is 0 Å². The Bertz CT molecular complexity index is 620. The normalized spacial score (nSPS) is 12.7. The van der Waals surface area contributed by atoms with Gasteiger partial charge in [0.25, 0.3) is 0 Å². The summed E-state index contributed by atoms with van der Waals surface area (Å²) >= 11 is 7.31. The van der Waals surface area contributed by atoms with Crippen LogP contribution in [-0.4, -0.2) is 16.8 Å². The molecule has 0 fully saturated rings. The predicted octanol–water partition coefficient (Wildman–Crippen LogP) is 4.07. The van der Waals surface area contributed by atoms with Crippen molar-refractivity contribution >= 4 is 31.9 Å². The van der Waals surface area contributed by atoms with Crippen molar-refractivity contribution in [2.75, 3.05) is 7.05 Å². The van der Waals surface area contributed by atoms with Crippen molar-refractivity contribution in [2.45, 2.75) is 26.3 Å². The second kappa shape index (κ2) is 6.41. The lowest BCUT2D eigenvalue weighted by molar-refractivity contribution is 0.558. The van der Waals surface area contributed by atoms with Gasteiger partial charge in [0.1, 0.15) is 0 Å². The lowest BCUT2D eigenvalue weighted by Crippen LogP contribution is -2.20. The third kappa shape index (κ3) is 3.15. The molecule has 1 heterocycles. The van der Waals surface area contributed by atoms with Gasteiger partial charge >= 0.3 is 0 Å². The van der Waals surface area contributed by atoms with Crippen molar-refractivity contribution in [3.63, 3.8) is 0 Å². The summed E-state index contributed by atoms with van der Waals surface area (Å²) in [5.74, 6) is 0. The number of benzene rings is 1. The highest BCUT2D eigenvalue weighted by molar-refractivity contribution is 9.10. The number of rotatable bonds is 4. The Labute approximate surface area is 137 Å². The van der Waals surface area contributed by atoms with Gasteiger partial charge in [-0.1, -0.05) is 28.1 Å². The molecule has 0 amide bonds. The number of halogens is 2. The Morgan fingerprint density at radius 2 is 2.00 bits per heavy atom. The van der Waals surface area contributed by atoms with E-state index in [1.54, 1.807) is 0 Å². The molecule has 3 nitrogen and oxygen atoms in total. The van der Waals surface area contributed by atoms with Crippen LogP contribution in [0.2, 0.25) is 0 Å². The summed E-state index contributed by atoms with van der Waals surface area (Å²) in [6, 6.07) is 6.73. The van der Waals surface area contributed by atoms with E-state index in [1.165, 1.54) is 16.8 Å². The summed E-state index contributed by atoms with van der Waals surface area (Å²) in [6.45, 7) is 4.12. The lowest BCUT2D eigenvalue weighted by Gasteiger charge is -2.19. The first-order valence-electron chi connectivity index (χ1n) is 6.55. The molecule has 2 rings (SSSR count). The van der Waals surface area contributed by atoms with Crippen LogP contribution in [0.3, 0.4) is 0 Å². The van der Waals surface area contributed by atoms with E-state index in [-0.39, 0.29) is 6.04 Å². The fraction of sp³-hybridized carbons (Fsp3) is 0.400. The number of aromatic nitrogens is 2. The summed E-state index contributed by atoms with van der Waals surface area (Å²) in [4.78, 5) is 0. The van der Waals surface area contributed by atoms with E-state index in [2.05, 4.69) is 67.4 Å². The minimum absolute atomic E-state index is 0.246. The standard InChI is InChI=1S/C15H19Br2N3/c1-9-5-6-11(12(16)7-9)13(18-3)8-14-15(17)10(2)19-20(14)4/h5-7,13,18H,8H2,1-4H3. The van der Waals surface area contributed by atoms with Gasteiger partial charge in [0, 0.05) is 24.0 Å². The van der Waals surface area contributed by atoms with Gasteiger partial charge in [-0.2, -0.15) is 5.10 Å². The number of aryl methyl sites for hydroxylation is 3. The van der Waals surface area contributed by atoms with Crippen molar-refractivity contribution in [1.82, 2.24) is 15.1 Å². The molecule has 0 saturated carbocycles. The van der Waals surface area contributed by atoms with Crippen LogP contribution in [0, 0.1) is 13.8 Å². The lowest BCUT2D eigenvalue weighted by atomic mass is 10.0. The molecule has 0 aliphatic carbocycles. The van der Waals surface area contributed by atoms with Crippen LogP contribution in [0.5, 0.6) is 0 Å². The molecule has 5 heteroatoms. The number of nitrogens with one attached hydrogen (secondary N) is 1. The Morgan fingerprint density at radius 3 is 2.50 bits per heavy atom. The van der Waals surface area contributed by atoms with Gasteiger partial charge in [0.05, 0.1) is 15.9 Å². The van der Waals surface area contributed by atoms with Crippen LogP contribution in [-0.2, 0) is 13.5 Å². The molecule has 0 aliphatic heterocycles. The second-order valence-electron chi connectivity index (χ2n) is 5.04. The highest BCUT2D eigenvalue weighted by Gasteiger charge is 2.18. The van der Waals surface area contributed by atoms with Crippen molar-refractivity contribution in [3.05, 3.63) is 49.7 Å². The average Bonchev–Trinajstić information content (AvgIpc) is 2.62. The van der Waals surface area contributed by atoms with Gasteiger partial charge in [-0.05, 0) is 54.0 Å². The topological polar surface area (TPSA) is 29.9 Å². The van der Waals surface area contributed by atoms with Gasteiger partial charge in [0.2, 0.25) is 0 Å². The Morgan fingerprint density at radius 1 is 1.30 bits per heavy atom. The van der Waals surface area contributed by atoms with Crippen molar-refractivity contribution in [3.8, 4) is 0 Å². The van der Waals surface area contributed by atoms with Gasteiger partial charge < -0.3 is 5.32 Å². The molecule has 20 heavy (non-hydrogen) atoms. The summed E-state index contributed by atoms with van der Waals surface area (Å²) in [5, 5.41) is 7.86. The molecule has 1 N–H and O–H groups in total. The van der Waals surface area contributed by atoms with Crippen LogP contribution in [0.15, 0.2) is 27.1 Å². The van der Waals surface area contributed by atoms with Gasteiger partial charge in [-0.15, -0.1) is 0 Å². The molecule has 1 aromatic heterocycles. The van der Waals surface area contributed by atoms with E-state index >= 15 is 0 Å². The number of likely N-dealkylation sites (N-methyl/N-ethyl adjacent to an activating group) is 1. The fourth-order valence-corrected chi connectivity index (χ4v) is 3.64. The summed E-state index contributed by atoms with van der Waals surface area (Å²) < 4.78 is 4.20. The van der Waals surface area contributed by atoms with E-state index in [1.807, 2.05) is 25.7 Å². The molecule has 108 valence electrons. The minimum Gasteiger partial charge on any atom is -0.313 e. The molecule has 1 aromatic carbocycles. The molecule has 0 bridgehead atoms. The van der Waals surface area contributed by atoms with Gasteiger partial charge in [0.15, 0.2) is 0 Å². The predicted molar refractivity (Wildman–Crippen MR) is 90.0 cm³/mol. The smallest absolute Gasteiger partial charge is 0.0738 e. The SMILES string of the molecule is CNC(Cc1c(Br)c(C)nn1C)c1ccc(C)cc1Br. The van der Waals surface area contributed by atoms with E-state index in [0.29, 0.717) is 0 Å². The van der Waals surface area contributed by atoms with Crippen molar-refractivity contribution in [1.29, 1.82) is 0 Å². The van der Waals surface area contributed by atoms with Crippen LogP contribution in [0.1, 0.15) is 28.6 Å². The highest BCUT2D eigenvalue weighted by Crippen LogP contribution is 2.30. The largest absolute Gasteiger partial charge is 0.313 e. The zero-order valence-electron chi connectivity index (χ0n) is 12.2. The minimum atomic E-state index is 0.246. The van der Waals surface area contributed by atoms with Crippen LogP contribution >= 0.6 is 31.9 Å². The first-order valence-corrected chi connectivity index (χ1v) is 8.14. The summed E-state index contributed by atoms with van der Waals surface area (Å²) in [5.41, 5.74) is 4.76. The molecular formula is C15H19Br2N3. The molecule has 0 radical (unpaired) electrons. The fourth-order valence-electron chi connectivity index (χ4n) is 2.38. The Balaban J connectivity index is 2.33. The van der Waals surface area contributed by atoms with E-state index < -0.39 is 0 Å². The van der Waals surface area contributed by atoms with E-state index in [0.717, 1.165) is 21.1 Å². The zero-order valence-corrected chi connectivity index (χ0v) is 15.3. The third-order valence-electron chi connectivity index (χ3n) is 3.54. The zero-order chi connectivity index (χ0) is 14.9. The van der Waals surface area contributed by atoms with Gasteiger partial charge in [-0.3, -0.25) is 4.68 Å². The monoisotopic (exact) mass is 399 g/mol. The summed E-state index contributed by atoms with van der Waals surface area (Å²) in [6.07, 6.45) is 0.885. The second-order valence-corrected chi connectivity index (χ2v) is 6.69. The maximum Gasteiger partial charge on any atom is 0.0738 e. The van der Waals surface area contributed by atoms with E-state index in [4.69, 9.17) is 0 Å². The maximum atomic E-state index is 4.46. The quantitative estimate of drug-likeness (QED) is 0.838. The number of hydrogen-bond donors (Lipinski definition) is 1. The molecule has 1 unspecified atom stereocenters. The molecule has 0 saturated heterocycles. The third-order valence-corrected chi connectivity index (χ3v) is 5.26. The summed E-state index contributed by atoms with van der Waals surface area (Å²) in [7, 11) is 3.98. The Hall–Kier alpha value is -0.650. The maximum absolute atomic E-state index is 4.46. The van der Waals surface area contributed by atoms with Crippen LogP contribution in [0.25, 0.3) is 0 Å². The van der Waals surface area contributed by atoms with Crippen LogP contribution < -0.4 is 5.32 Å². The first kappa shape index (κ1) is 15.7. The molecule has 2 aromatic rings. The molecule has 0 aliphatic rings. The van der Waals surface area contributed by atoms with E-state index in [9.17, 15) is 0 Å². The molecule has 1 atom stereocenters. The molecular weight excluding hydrogens is 382 g/mol. The first-order chi connectivity index (χ1) is 9.43. The van der Waals surface area contributed by atoms with Crippen molar-refractivity contribution in [2.24, 2.45) is 7.05 Å². The number of hydrogen-bond acceptors (Lipinski definition) is 2. The average molecular weight is 401 g/mol. The van der Waals surface area contributed by atoms with Crippen LogP contribution in [0.4, 0.5) is 0 Å². The van der Waals surface area contributed by atoms with Gasteiger partial charge in [-0.25, -0.2) is 0 Å². The molecule has 0 spiro atoms. The number of nitrogens with zero attached hydrogens (tertiary/aromatic N) is 2. The Kier molecular flexibility index (Phi) is 5.04. The highest BCUT2D eigenvalue weighted by atomic mass is 79.9.